The van der Waals surface area contributed by atoms with Gasteiger partial charge in [0.2, 0.25) is 5.88 Å². The lowest BCUT2D eigenvalue weighted by atomic mass is 10.1. The van der Waals surface area contributed by atoms with Crippen molar-refractivity contribution < 1.29 is 13.9 Å². The number of pyridine rings is 1. The summed E-state index contributed by atoms with van der Waals surface area (Å²) in [5.74, 6) is 2.59. The number of rotatable bonds is 5. The lowest BCUT2D eigenvalue weighted by molar-refractivity contribution is 0.449. The van der Waals surface area contributed by atoms with Crippen LogP contribution in [0.4, 0.5) is 5.69 Å². The van der Waals surface area contributed by atoms with Crippen molar-refractivity contribution in [2.75, 3.05) is 18.6 Å². The van der Waals surface area contributed by atoms with Crippen molar-refractivity contribution in [3.05, 3.63) is 97.5 Å². The van der Waals surface area contributed by atoms with Crippen molar-refractivity contribution in [3.8, 4) is 23.1 Å². The molecule has 0 bridgehead atoms. The van der Waals surface area contributed by atoms with E-state index in [2.05, 4.69) is 20.9 Å². The third-order valence-electron chi connectivity index (χ3n) is 5.52. The number of para-hydroxylation sites is 1. The largest absolute Gasteiger partial charge is 0.457 e. The van der Waals surface area contributed by atoms with E-state index in [1.807, 2.05) is 92.2 Å². The van der Waals surface area contributed by atoms with E-state index in [0.717, 1.165) is 40.0 Å². The van der Waals surface area contributed by atoms with Gasteiger partial charge in [-0.1, -0.05) is 30.3 Å². The van der Waals surface area contributed by atoms with E-state index in [9.17, 15) is 0 Å². The zero-order valence-electron chi connectivity index (χ0n) is 18.0. The molecule has 0 saturated carbocycles. The molecule has 0 N–H and O–H groups in total. The fourth-order valence-electron chi connectivity index (χ4n) is 4.01. The Morgan fingerprint density at radius 1 is 0.788 bits per heavy atom. The monoisotopic (exact) mass is 435 g/mol. The standard InChI is InChI=1S/C27H21N3O3/c1-29-13-14-30(18-29)24-17-21(16-23-22-9-2-3-10-25(22)33-27(23)24)31-19-7-6-8-20(15-19)32-26-11-4-5-12-28-26/h2-17H,18H2,1H3. The van der Waals surface area contributed by atoms with Crippen LogP contribution in [0.15, 0.2) is 102 Å². The predicted octanol–water partition coefficient (Wildman–Crippen LogP) is 6.75. The van der Waals surface area contributed by atoms with Crippen LogP contribution in [0.25, 0.3) is 21.9 Å². The molecule has 0 amide bonds. The van der Waals surface area contributed by atoms with Gasteiger partial charge in [-0.2, -0.15) is 0 Å². The zero-order valence-corrected chi connectivity index (χ0v) is 18.0. The fourth-order valence-corrected chi connectivity index (χ4v) is 4.01. The summed E-state index contributed by atoms with van der Waals surface area (Å²) in [6, 6.07) is 25.2. The van der Waals surface area contributed by atoms with Crippen molar-refractivity contribution in [2.24, 2.45) is 0 Å². The summed E-state index contributed by atoms with van der Waals surface area (Å²) in [6.45, 7) is 0.739. The van der Waals surface area contributed by atoms with Crippen LogP contribution in [0.5, 0.6) is 23.1 Å². The predicted molar refractivity (Wildman–Crippen MR) is 129 cm³/mol. The highest BCUT2D eigenvalue weighted by atomic mass is 16.5. The van der Waals surface area contributed by atoms with E-state index in [1.54, 1.807) is 6.20 Å². The van der Waals surface area contributed by atoms with Gasteiger partial charge >= 0.3 is 0 Å². The first-order chi connectivity index (χ1) is 16.2. The third kappa shape index (κ3) is 3.72. The summed E-state index contributed by atoms with van der Waals surface area (Å²) in [4.78, 5) is 8.48. The number of ether oxygens (including phenoxy) is 2. The molecule has 6 heteroatoms. The maximum Gasteiger partial charge on any atom is 0.219 e. The maximum atomic E-state index is 6.30. The number of benzene rings is 3. The molecule has 2 aromatic heterocycles. The molecule has 33 heavy (non-hydrogen) atoms. The Hall–Kier alpha value is -4.45. The van der Waals surface area contributed by atoms with E-state index >= 15 is 0 Å². The van der Waals surface area contributed by atoms with Crippen molar-refractivity contribution in [2.45, 2.75) is 0 Å². The van der Waals surface area contributed by atoms with Crippen LogP contribution in [0.1, 0.15) is 0 Å². The van der Waals surface area contributed by atoms with Gasteiger partial charge in [0, 0.05) is 54.6 Å². The van der Waals surface area contributed by atoms with E-state index in [-0.39, 0.29) is 0 Å². The van der Waals surface area contributed by atoms with Crippen LogP contribution in [0.3, 0.4) is 0 Å². The number of furan rings is 1. The second kappa shape index (κ2) is 7.91. The second-order valence-electron chi connectivity index (χ2n) is 7.93. The summed E-state index contributed by atoms with van der Waals surface area (Å²) in [5, 5.41) is 2.07. The van der Waals surface area contributed by atoms with Crippen molar-refractivity contribution in [1.29, 1.82) is 0 Å². The first-order valence-corrected chi connectivity index (χ1v) is 10.7. The number of hydrogen-bond donors (Lipinski definition) is 0. The first kappa shape index (κ1) is 19.3. The van der Waals surface area contributed by atoms with Crippen LogP contribution in [-0.2, 0) is 0 Å². The van der Waals surface area contributed by atoms with Crippen LogP contribution < -0.4 is 14.4 Å². The van der Waals surface area contributed by atoms with Gasteiger partial charge in [-0.15, -0.1) is 0 Å². The van der Waals surface area contributed by atoms with Gasteiger partial charge in [-0.25, -0.2) is 4.98 Å². The van der Waals surface area contributed by atoms with Gasteiger partial charge in [0.25, 0.3) is 0 Å². The Morgan fingerprint density at radius 3 is 2.45 bits per heavy atom. The Balaban J connectivity index is 1.39. The maximum absolute atomic E-state index is 6.30. The number of hydrogen-bond acceptors (Lipinski definition) is 6. The van der Waals surface area contributed by atoms with Crippen molar-refractivity contribution in [1.82, 2.24) is 9.88 Å². The van der Waals surface area contributed by atoms with Crippen LogP contribution in [0.2, 0.25) is 0 Å². The molecule has 6 rings (SSSR count). The summed E-state index contributed by atoms with van der Waals surface area (Å²) in [5.41, 5.74) is 2.66. The minimum atomic E-state index is 0.535. The minimum Gasteiger partial charge on any atom is -0.457 e. The third-order valence-corrected chi connectivity index (χ3v) is 5.52. The van der Waals surface area contributed by atoms with Crippen LogP contribution in [-0.4, -0.2) is 23.6 Å². The topological polar surface area (TPSA) is 51.0 Å². The number of nitrogens with zero attached hydrogens (tertiary/aromatic N) is 3. The van der Waals surface area contributed by atoms with Gasteiger partial charge in [0.05, 0.1) is 12.4 Å². The van der Waals surface area contributed by atoms with Crippen molar-refractivity contribution >= 4 is 27.6 Å². The van der Waals surface area contributed by atoms with E-state index in [1.165, 1.54) is 0 Å². The molecule has 0 spiro atoms. The van der Waals surface area contributed by atoms with E-state index in [0.29, 0.717) is 17.4 Å². The zero-order chi connectivity index (χ0) is 22.2. The molecule has 0 unspecified atom stereocenters. The lowest BCUT2D eigenvalue weighted by Crippen LogP contribution is -2.21. The van der Waals surface area contributed by atoms with E-state index in [4.69, 9.17) is 13.9 Å². The Morgan fingerprint density at radius 2 is 1.64 bits per heavy atom. The second-order valence-corrected chi connectivity index (χ2v) is 7.93. The normalized spacial score (nSPS) is 13.2. The molecule has 6 nitrogen and oxygen atoms in total. The molecule has 1 aliphatic rings. The molecule has 3 heterocycles. The molecule has 0 fully saturated rings. The molecule has 0 aliphatic carbocycles. The summed E-state index contributed by atoms with van der Waals surface area (Å²) >= 11 is 0. The highest BCUT2D eigenvalue weighted by molar-refractivity contribution is 6.09. The summed E-state index contributed by atoms with van der Waals surface area (Å²) < 4.78 is 18.4. The fraction of sp³-hybridized carbons (Fsp3) is 0.0741. The average molecular weight is 435 g/mol. The molecule has 1 aliphatic heterocycles. The first-order valence-electron chi connectivity index (χ1n) is 10.7. The molecule has 5 aromatic rings. The smallest absolute Gasteiger partial charge is 0.219 e. The highest BCUT2D eigenvalue weighted by Crippen LogP contribution is 2.40. The molecule has 0 radical (unpaired) electrons. The Labute approximate surface area is 190 Å². The van der Waals surface area contributed by atoms with Gasteiger partial charge in [-0.3, -0.25) is 0 Å². The van der Waals surface area contributed by atoms with Gasteiger partial charge in [0.1, 0.15) is 22.8 Å². The van der Waals surface area contributed by atoms with Gasteiger partial charge in [0.15, 0.2) is 5.58 Å². The number of anilines is 1. The molecule has 0 saturated heterocycles. The molecule has 0 atom stereocenters. The van der Waals surface area contributed by atoms with Crippen LogP contribution in [0, 0.1) is 0 Å². The summed E-state index contributed by atoms with van der Waals surface area (Å²) in [6.07, 6.45) is 5.79. The van der Waals surface area contributed by atoms with Crippen molar-refractivity contribution in [3.63, 3.8) is 0 Å². The molecule has 162 valence electrons. The lowest BCUT2D eigenvalue weighted by Gasteiger charge is -2.19. The van der Waals surface area contributed by atoms with Crippen LogP contribution >= 0.6 is 0 Å². The SMILES string of the molecule is CN1C=CN(c2cc(Oc3cccc(Oc4ccccn4)c3)cc3c2oc2ccccc23)C1. The van der Waals surface area contributed by atoms with Gasteiger partial charge < -0.3 is 23.7 Å². The highest BCUT2D eigenvalue weighted by Gasteiger charge is 2.20. The Bertz CT molecular complexity index is 1480. The molecular formula is C27H21N3O3. The number of aromatic nitrogens is 1. The minimum absolute atomic E-state index is 0.535. The molecule has 3 aromatic carbocycles. The molecular weight excluding hydrogens is 414 g/mol. The number of fused-ring (bicyclic) bond motifs is 3. The quantitative estimate of drug-likeness (QED) is 0.304. The average Bonchev–Trinajstić information content (AvgIpc) is 3.43. The van der Waals surface area contributed by atoms with E-state index < -0.39 is 0 Å². The summed E-state index contributed by atoms with van der Waals surface area (Å²) in [7, 11) is 2.04. The Kier molecular flexibility index (Phi) is 4.61. The van der Waals surface area contributed by atoms with Gasteiger partial charge in [-0.05, 0) is 30.3 Å².